The lowest BCUT2D eigenvalue weighted by Crippen LogP contribution is -2.25. The first-order valence-corrected chi connectivity index (χ1v) is 6.74. The van der Waals surface area contributed by atoms with E-state index in [0.717, 1.165) is 0 Å². The molecule has 90 valence electrons. The number of aromatic nitrogens is 2. The molecule has 0 aliphatic rings. The second kappa shape index (κ2) is 5.11. The van der Waals surface area contributed by atoms with E-state index in [1.54, 1.807) is 14.0 Å². The van der Waals surface area contributed by atoms with Gasteiger partial charge in [-0.3, -0.25) is 4.79 Å². The van der Waals surface area contributed by atoms with Gasteiger partial charge in [-0.05, 0) is 0 Å². The van der Waals surface area contributed by atoms with Crippen molar-refractivity contribution in [3.05, 3.63) is 22.7 Å². The minimum Gasteiger partial charge on any atom is -0.364 e. The molecule has 0 atom stereocenters. The third-order valence-electron chi connectivity index (χ3n) is 2.16. The van der Waals surface area contributed by atoms with E-state index >= 15 is 0 Å². The molecule has 1 heterocycles. The maximum atomic E-state index is 11.5. The monoisotopic (exact) mass is 245 g/mol. The highest BCUT2D eigenvalue weighted by Crippen LogP contribution is 1.93. The first-order chi connectivity index (χ1) is 7.46. The molecule has 0 spiro atoms. The molecule has 0 saturated carbocycles. The molecule has 16 heavy (non-hydrogen) atoms. The molecule has 1 N–H and O–H groups in total. The first kappa shape index (κ1) is 12.7. The molecule has 0 unspecified atom stereocenters. The number of aryl methyl sites for hydroxylation is 1. The van der Waals surface area contributed by atoms with Crippen LogP contribution in [0.15, 0.2) is 17.2 Å². The number of rotatable bonds is 5. The van der Waals surface area contributed by atoms with Crippen molar-refractivity contribution < 1.29 is 8.42 Å². The van der Waals surface area contributed by atoms with Crippen molar-refractivity contribution in [3.63, 3.8) is 0 Å². The molecule has 0 bridgehead atoms. The lowest BCUT2D eigenvalue weighted by molar-refractivity contribution is 0.597. The summed E-state index contributed by atoms with van der Waals surface area (Å²) in [5, 5.41) is 2.72. The molecular weight excluding hydrogens is 230 g/mol. The molecule has 7 heteroatoms. The van der Waals surface area contributed by atoms with Crippen molar-refractivity contribution in [2.75, 3.05) is 23.4 Å². The molecule has 1 aromatic rings. The smallest absolute Gasteiger partial charge is 0.293 e. The van der Waals surface area contributed by atoms with Gasteiger partial charge in [0.15, 0.2) is 15.7 Å². The number of nitrogens with zero attached hydrogens (tertiary/aromatic N) is 2. The molecule has 0 fully saturated rings. The van der Waals surface area contributed by atoms with Crippen LogP contribution in [-0.2, 0) is 16.9 Å². The predicted molar refractivity (Wildman–Crippen MR) is 62.3 cm³/mol. The van der Waals surface area contributed by atoms with E-state index in [1.807, 2.05) is 0 Å². The summed E-state index contributed by atoms with van der Waals surface area (Å²) in [5.74, 6) is 0.286. The number of sulfone groups is 1. The summed E-state index contributed by atoms with van der Waals surface area (Å²) in [6, 6.07) is 0. The summed E-state index contributed by atoms with van der Waals surface area (Å²) in [6.45, 7) is 1.79. The van der Waals surface area contributed by atoms with Crippen molar-refractivity contribution in [1.82, 2.24) is 9.55 Å². The molecule has 6 nitrogen and oxygen atoms in total. The maximum Gasteiger partial charge on any atom is 0.293 e. The zero-order chi connectivity index (χ0) is 12.2. The van der Waals surface area contributed by atoms with Gasteiger partial charge in [0.2, 0.25) is 0 Å². The van der Waals surface area contributed by atoms with Gasteiger partial charge < -0.3 is 9.88 Å². The van der Waals surface area contributed by atoms with Gasteiger partial charge in [0.1, 0.15) is 0 Å². The van der Waals surface area contributed by atoms with E-state index in [0.29, 0.717) is 0 Å². The van der Waals surface area contributed by atoms with Crippen LogP contribution in [0.3, 0.4) is 0 Å². The maximum absolute atomic E-state index is 11.5. The number of nitrogens with one attached hydrogen (secondary N) is 1. The van der Waals surface area contributed by atoms with E-state index in [1.165, 1.54) is 17.0 Å². The standard InChI is InChI=1S/C9H15N3O3S/c1-3-16(14,15)7-5-11-8-9(13)12(2)6-4-10-8/h4,6H,3,5,7H2,1-2H3,(H,10,11). The fourth-order valence-corrected chi connectivity index (χ4v) is 1.79. The van der Waals surface area contributed by atoms with E-state index in [-0.39, 0.29) is 29.4 Å². The molecule has 0 saturated heterocycles. The van der Waals surface area contributed by atoms with Gasteiger partial charge in [-0.15, -0.1) is 0 Å². The summed E-state index contributed by atoms with van der Waals surface area (Å²) in [6.07, 6.45) is 3.02. The number of anilines is 1. The Hall–Kier alpha value is -1.37. The van der Waals surface area contributed by atoms with Crippen LogP contribution in [0.1, 0.15) is 6.92 Å². The molecule has 0 radical (unpaired) electrons. The molecule has 1 rings (SSSR count). The van der Waals surface area contributed by atoms with Crippen LogP contribution in [0.5, 0.6) is 0 Å². The fraction of sp³-hybridized carbons (Fsp3) is 0.556. The Balaban J connectivity index is 2.63. The van der Waals surface area contributed by atoms with E-state index in [9.17, 15) is 13.2 Å². The van der Waals surface area contributed by atoms with Crippen molar-refractivity contribution in [3.8, 4) is 0 Å². The highest BCUT2D eigenvalue weighted by molar-refractivity contribution is 7.91. The summed E-state index contributed by atoms with van der Waals surface area (Å²) in [7, 11) is -1.40. The average molecular weight is 245 g/mol. The third kappa shape index (κ3) is 3.34. The number of hydrogen-bond acceptors (Lipinski definition) is 5. The van der Waals surface area contributed by atoms with Gasteiger partial charge >= 0.3 is 0 Å². The fourth-order valence-electron chi connectivity index (χ4n) is 1.09. The van der Waals surface area contributed by atoms with Crippen LogP contribution in [0, 0.1) is 0 Å². The molecule has 0 aromatic carbocycles. The minimum absolute atomic E-state index is 0.00320. The lowest BCUT2D eigenvalue weighted by Gasteiger charge is -2.05. The Morgan fingerprint density at radius 3 is 2.81 bits per heavy atom. The highest BCUT2D eigenvalue weighted by atomic mass is 32.2. The van der Waals surface area contributed by atoms with E-state index in [2.05, 4.69) is 10.3 Å². The van der Waals surface area contributed by atoms with Crippen LogP contribution in [0.2, 0.25) is 0 Å². The van der Waals surface area contributed by atoms with Crippen molar-refractivity contribution in [1.29, 1.82) is 0 Å². The summed E-state index contributed by atoms with van der Waals surface area (Å²) >= 11 is 0. The summed E-state index contributed by atoms with van der Waals surface area (Å²) in [5.41, 5.74) is -0.267. The van der Waals surface area contributed by atoms with Crippen LogP contribution in [-0.4, -0.2) is 36.0 Å². The average Bonchev–Trinajstić information content (AvgIpc) is 2.24. The van der Waals surface area contributed by atoms with Crippen LogP contribution < -0.4 is 10.9 Å². The Morgan fingerprint density at radius 1 is 1.50 bits per heavy atom. The topological polar surface area (TPSA) is 81.1 Å². The van der Waals surface area contributed by atoms with Gasteiger partial charge in [0.25, 0.3) is 5.56 Å². The molecule has 0 amide bonds. The quantitative estimate of drug-likeness (QED) is 0.765. The van der Waals surface area contributed by atoms with Gasteiger partial charge in [0, 0.05) is 31.7 Å². The predicted octanol–water partition coefficient (Wildman–Crippen LogP) is -0.373. The van der Waals surface area contributed by atoms with E-state index in [4.69, 9.17) is 0 Å². The highest BCUT2D eigenvalue weighted by Gasteiger charge is 2.08. The molecule has 0 aliphatic heterocycles. The van der Waals surface area contributed by atoms with Crippen molar-refractivity contribution in [2.45, 2.75) is 6.92 Å². The normalized spacial score (nSPS) is 11.4. The van der Waals surface area contributed by atoms with Gasteiger partial charge in [-0.1, -0.05) is 6.92 Å². The third-order valence-corrected chi connectivity index (χ3v) is 3.87. The molecule has 0 aliphatic carbocycles. The lowest BCUT2D eigenvalue weighted by atomic mass is 10.6. The van der Waals surface area contributed by atoms with Crippen molar-refractivity contribution in [2.24, 2.45) is 7.05 Å². The second-order valence-corrected chi connectivity index (χ2v) is 5.83. The summed E-state index contributed by atoms with van der Waals surface area (Å²) < 4.78 is 23.8. The van der Waals surface area contributed by atoms with Gasteiger partial charge in [-0.25, -0.2) is 13.4 Å². The van der Waals surface area contributed by atoms with Gasteiger partial charge in [0.05, 0.1) is 5.75 Å². The Labute approximate surface area is 94.2 Å². The zero-order valence-corrected chi connectivity index (χ0v) is 10.1. The SMILES string of the molecule is CCS(=O)(=O)CCNc1nccn(C)c1=O. The Morgan fingerprint density at radius 2 is 2.19 bits per heavy atom. The first-order valence-electron chi connectivity index (χ1n) is 4.92. The molecular formula is C9H15N3O3S. The van der Waals surface area contributed by atoms with Gasteiger partial charge in [-0.2, -0.15) is 0 Å². The number of hydrogen-bond donors (Lipinski definition) is 1. The van der Waals surface area contributed by atoms with Crippen molar-refractivity contribution >= 4 is 15.7 Å². The Kier molecular flexibility index (Phi) is 4.05. The second-order valence-electron chi connectivity index (χ2n) is 3.36. The summed E-state index contributed by atoms with van der Waals surface area (Å²) in [4.78, 5) is 15.3. The van der Waals surface area contributed by atoms with Crippen LogP contribution in [0.4, 0.5) is 5.82 Å². The molecule has 1 aromatic heterocycles. The minimum atomic E-state index is -3.01. The van der Waals surface area contributed by atoms with Crippen LogP contribution >= 0.6 is 0 Å². The van der Waals surface area contributed by atoms with Crippen LogP contribution in [0.25, 0.3) is 0 Å². The Bertz CT molecular complexity index is 507. The zero-order valence-electron chi connectivity index (χ0n) is 9.30. The largest absolute Gasteiger partial charge is 0.364 e. The van der Waals surface area contributed by atoms with E-state index < -0.39 is 9.84 Å².